The molecule has 0 spiro atoms. The van der Waals surface area contributed by atoms with Crippen LogP contribution in [0.2, 0.25) is 0 Å². The van der Waals surface area contributed by atoms with Gasteiger partial charge in [0.05, 0.1) is 11.4 Å². The van der Waals surface area contributed by atoms with Crippen molar-refractivity contribution in [3.8, 4) is 0 Å². The summed E-state index contributed by atoms with van der Waals surface area (Å²) in [7, 11) is 0. The summed E-state index contributed by atoms with van der Waals surface area (Å²) in [6, 6.07) is -0.588. The van der Waals surface area contributed by atoms with Crippen molar-refractivity contribution in [1.29, 1.82) is 0 Å². The van der Waals surface area contributed by atoms with E-state index in [1.807, 2.05) is 11.8 Å². The zero-order valence-corrected chi connectivity index (χ0v) is 10.1. The average Bonchev–Trinajstić information content (AvgIpc) is 2.78. The van der Waals surface area contributed by atoms with Gasteiger partial charge >= 0.3 is 0 Å². The number of aromatic nitrogens is 2. The summed E-state index contributed by atoms with van der Waals surface area (Å²) in [4.78, 5) is 4.27. The van der Waals surface area contributed by atoms with Gasteiger partial charge in [0.25, 0.3) is 0 Å². The first-order chi connectivity index (χ1) is 7.68. The second kappa shape index (κ2) is 5.16. The van der Waals surface area contributed by atoms with Gasteiger partial charge < -0.3 is 15.4 Å². The molecule has 90 valence electrons. The Balaban J connectivity index is 2.06. The molecule has 1 fully saturated rings. The molecule has 0 aliphatic carbocycles. The third-order valence-electron chi connectivity index (χ3n) is 2.73. The Labute approximate surface area is 98.8 Å². The topological polar surface area (TPSA) is 85.2 Å². The average molecular weight is 243 g/mol. The van der Waals surface area contributed by atoms with Crippen LogP contribution in [0.15, 0.2) is 4.52 Å². The van der Waals surface area contributed by atoms with Crippen LogP contribution in [0, 0.1) is 0 Å². The van der Waals surface area contributed by atoms with Crippen molar-refractivity contribution in [2.75, 3.05) is 5.75 Å². The molecule has 2 heterocycles. The van der Waals surface area contributed by atoms with E-state index in [0.717, 1.165) is 18.0 Å². The van der Waals surface area contributed by atoms with E-state index < -0.39 is 12.1 Å². The Hall–Kier alpha value is -0.590. The van der Waals surface area contributed by atoms with Crippen LogP contribution >= 0.6 is 11.8 Å². The Bertz CT molecular complexity index is 337. The largest absolute Gasteiger partial charge is 0.391 e. The molecule has 0 radical (unpaired) electrons. The van der Waals surface area contributed by atoms with Gasteiger partial charge in [0, 0.05) is 0 Å². The van der Waals surface area contributed by atoms with E-state index in [1.54, 1.807) is 6.92 Å². The van der Waals surface area contributed by atoms with Gasteiger partial charge in [-0.3, -0.25) is 0 Å². The smallest absolute Gasteiger partial charge is 0.246 e. The van der Waals surface area contributed by atoms with Gasteiger partial charge in [0.2, 0.25) is 5.89 Å². The fourth-order valence-corrected chi connectivity index (χ4v) is 2.90. The van der Waals surface area contributed by atoms with Crippen molar-refractivity contribution in [1.82, 2.24) is 10.1 Å². The third-order valence-corrected chi connectivity index (χ3v) is 4.10. The third kappa shape index (κ3) is 2.56. The van der Waals surface area contributed by atoms with E-state index >= 15 is 0 Å². The lowest BCUT2D eigenvalue weighted by atomic mass is 10.2. The molecule has 2 rings (SSSR count). The summed E-state index contributed by atoms with van der Waals surface area (Å²) in [6.45, 7) is 1.61. The van der Waals surface area contributed by atoms with Crippen LogP contribution in [0.3, 0.4) is 0 Å². The van der Waals surface area contributed by atoms with Gasteiger partial charge in [0.15, 0.2) is 5.82 Å². The number of aliphatic hydroxyl groups is 1. The van der Waals surface area contributed by atoms with Gasteiger partial charge in [-0.05, 0) is 25.5 Å². The number of hydrogen-bond acceptors (Lipinski definition) is 6. The minimum Gasteiger partial charge on any atom is -0.391 e. The zero-order chi connectivity index (χ0) is 11.5. The molecular weight excluding hydrogens is 226 g/mol. The van der Waals surface area contributed by atoms with E-state index in [9.17, 15) is 5.11 Å². The standard InChI is InChI=1S/C10H17N3O2S/c1-6(14)8(11)10-12-9(13-15-10)7-4-2-3-5-16-7/h6-8,14H,2-5,11H2,1H3. The van der Waals surface area contributed by atoms with E-state index in [4.69, 9.17) is 10.3 Å². The van der Waals surface area contributed by atoms with E-state index in [0.29, 0.717) is 11.1 Å². The van der Waals surface area contributed by atoms with E-state index in [-0.39, 0.29) is 0 Å². The van der Waals surface area contributed by atoms with Crippen LogP contribution in [-0.4, -0.2) is 27.1 Å². The summed E-state index contributed by atoms with van der Waals surface area (Å²) < 4.78 is 5.08. The highest BCUT2D eigenvalue weighted by atomic mass is 32.2. The lowest BCUT2D eigenvalue weighted by molar-refractivity contribution is 0.146. The number of rotatable bonds is 3. The second-order valence-corrected chi connectivity index (χ2v) is 5.42. The molecule has 1 aromatic rings. The molecule has 3 unspecified atom stereocenters. The maximum absolute atomic E-state index is 9.34. The Morgan fingerprint density at radius 3 is 3.00 bits per heavy atom. The lowest BCUT2D eigenvalue weighted by Gasteiger charge is -2.17. The molecule has 3 atom stereocenters. The fourth-order valence-electron chi connectivity index (χ4n) is 1.66. The lowest BCUT2D eigenvalue weighted by Crippen LogP contribution is -2.23. The van der Waals surface area contributed by atoms with Crippen LogP contribution in [0.5, 0.6) is 0 Å². The summed E-state index contributed by atoms with van der Waals surface area (Å²) in [5.41, 5.74) is 5.73. The molecule has 0 amide bonds. The molecule has 6 heteroatoms. The Kier molecular flexibility index (Phi) is 3.83. The second-order valence-electron chi connectivity index (χ2n) is 4.11. The van der Waals surface area contributed by atoms with Crippen LogP contribution in [0.4, 0.5) is 0 Å². The maximum atomic E-state index is 9.34. The SMILES string of the molecule is CC(O)C(N)c1nc(C2CCCCS2)no1. The van der Waals surface area contributed by atoms with Crippen molar-refractivity contribution < 1.29 is 9.63 Å². The first-order valence-corrected chi connectivity index (χ1v) is 6.62. The number of nitrogens with zero attached hydrogens (tertiary/aromatic N) is 2. The quantitative estimate of drug-likeness (QED) is 0.835. The fraction of sp³-hybridized carbons (Fsp3) is 0.800. The molecule has 1 aliphatic heterocycles. The highest BCUT2D eigenvalue weighted by Crippen LogP contribution is 2.36. The normalized spacial score (nSPS) is 25.3. The molecule has 5 nitrogen and oxygen atoms in total. The van der Waals surface area contributed by atoms with Gasteiger partial charge in [-0.15, -0.1) is 0 Å². The van der Waals surface area contributed by atoms with Crippen LogP contribution in [-0.2, 0) is 0 Å². The number of thioether (sulfide) groups is 1. The van der Waals surface area contributed by atoms with Crippen molar-refractivity contribution in [2.24, 2.45) is 5.73 Å². The van der Waals surface area contributed by atoms with Gasteiger partial charge in [0.1, 0.15) is 6.04 Å². The van der Waals surface area contributed by atoms with Crippen molar-refractivity contribution in [2.45, 2.75) is 43.6 Å². The Morgan fingerprint density at radius 2 is 2.38 bits per heavy atom. The highest BCUT2D eigenvalue weighted by molar-refractivity contribution is 7.99. The van der Waals surface area contributed by atoms with Crippen LogP contribution in [0.1, 0.15) is 49.2 Å². The number of aliphatic hydroxyl groups excluding tert-OH is 1. The molecule has 3 N–H and O–H groups in total. The van der Waals surface area contributed by atoms with E-state index in [1.165, 1.54) is 12.8 Å². The van der Waals surface area contributed by atoms with Crippen LogP contribution < -0.4 is 5.73 Å². The van der Waals surface area contributed by atoms with Crippen molar-refractivity contribution in [3.05, 3.63) is 11.7 Å². The summed E-state index contributed by atoms with van der Waals surface area (Å²) in [6.07, 6.45) is 2.89. The monoisotopic (exact) mass is 243 g/mol. The Morgan fingerprint density at radius 1 is 1.56 bits per heavy atom. The van der Waals surface area contributed by atoms with Gasteiger partial charge in [-0.2, -0.15) is 16.7 Å². The summed E-state index contributed by atoms with van der Waals surface area (Å²) >= 11 is 1.86. The molecule has 16 heavy (non-hydrogen) atoms. The molecule has 0 saturated carbocycles. The summed E-state index contributed by atoms with van der Waals surface area (Å²) in [5.74, 6) is 2.20. The predicted octanol–water partition coefficient (Wildman–Crippen LogP) is 1.41. The predicted molar refractivity (Wildman–Crippen MR) is 62.0 cm³/mol. The molecular formula is C10H17N3O2S. The molecule has 1 saturated heterocycles. The highest BCUT2D eigenvalue weighted by Gasteiger charge is 2.24. The molecule has 0 bridgehead atoms. The maximum Gasteiger partial charge on any atom is 0.246 e. The molecule has 0 aromatic carbocycles. The summed E-state index contributed by atoms with van der Waals surface area (Å²) in [5, 5.41) is 13.6. The van der Waals surface area contributed by atoms with Crippen LogP contribution in [0.25, 0.3) is 0 Å². The zero-order valence-electron chi connectivity index (χ0n) is 9.30. The van der Waals surface area contributed by atoms with Gasteiger partial charge in [-0.1, -0.05) is 11.6 Å². The first-order valence-electron chi connectivity index (χ1n) is 5.57. The molecule has 1 aromatic heterocycles. The first kappa shape index (κ1) is 11.9. The number of hydrogen-bond donors (Lipinski definition) is 2. The minimum atomic E-state index is -0.674. The van der Waals surface area contributed by atoms with Crippen molar-refractivity contribution in [3.63, 3.8) is 0 Å². The molecule has 1 aliphatic rings. The number of nitrogens with two attached hydrogens (primary N) is 1. The van der Waals surface area contributed by atoms with Gasteiger partial charge in [-0.25, -0.2) is 0 Å². The van der Waals surface area contributed by atoms with Crippen molar-refractivity contribution >= 4 is 11.8 Å². The minimum absolute atomic E-state index is 0.326. The van der Waals surface area contributed by atoms with E-state index in [2.05, 4.69) is 10.1 Å².